The van der Waals surface area contributed by atoms with Gasteiger partial charge in [0, 0.05) is 5.75 Å². The van der Waals surface area contributed by atoms with Crippen LogP contribution in [0, 0.1) is 11.7 Å². The SMILES string of the molecule is CCC(C)CSCc1ccc(C(=O)OC)c(F)c1. The van der Waals surface area contributed by atoms with Crippen LogP contribution in [0.2, 0.25) is 0 Å². The molecule has 100 valence electrons. The molecule has 0 aliphatic carbocycles. The van der Waals surface area contributed by atoms with Crippen molar-refractivity contribution in [1.29, 1.82) is 0 Å². The highest BCUT2D eigenvalue weighted by Crippen LogP contribution is 2.19. The largest absolute Gasteiger partial charge is 0.465 e. The summed E-state index contributed by atoms with van der Waals surface area (Å²) in [5, 5.41) is 0. The summed E-state index contributed by atoms with van der Waals surface area (Å²) in [5.41, 5.74) is 0.890. The third-order valence-corrected chi connectivity index (χ3v) is 4.15. The molecule has 1 aromatic rings. The predicted octanol–water partition coefficient (Wildman–Crippen LogP) is 3.89. The number of ether oxygens (including phenoxy) is 1. The molecule has 0 N–H and O–H groups in total. The van der Waals surface area contributed by atoms with E-state index in [1.807, 2.05) is 0 Å². The van der Waals surface area contributed by atoms with Crippen LogP contribution in [0.25, 0.3) is 0 Å². The number of rotatable bonds is 6. The second-order valence-electron chi connectivity index (χ2n) is 4.33. The van der Waals surface area contributed by atoms with E-state index in [0.717, 1.165) is 23.5 Å². The van der Waals surface area contributed by atoms with E-state index in [9.17, 15) is 9.18 Å². The van der Waals surface area contributed by atoms with Gasteiger partial charge in [0.15, 0.2) is 0 Å². The fourth-order valence-electron chi connectivity index (χ4n) is 1.42. The monoisotopic (exact) mass is 270 g/mol. The Morgan fingerprint density at radius 1 is 1.50 bits per heavy atom. The Bertz CT molecular complexity index is 407. The number of benzene rings is 1. The molecule has 18 heavy (non-hydrogen) atoms. The standard InChI is InChI=1S/C14H19FO2S/c1-4-10(2)8-18-9-11-5-6-12(13(15)7-11)14(16)17-3/h5-7,10H,4,8-9H2,1-3H3. The number of thioether (sulfide) groups is 1. The van der Waals surface area contributed by atoms with Crippen molar-refractivity contribution in [2.24, 2.45) is 5.92 Å². The molecule has 0 heterocycles. The Hall–Kier alpha value is -1.03. The second kappa shape index (κ2) is 7.41. The molecule has 1 unspecified atom stereocenters. The minimum atomic E-state index is -0.633. The van der Waals surface area contributed by atoms with Crippen molar-refractivity contribution in [3.8, 4) is 0 Å². The maximum absolute atomic E-state index is 13.6. The maximum Gasteiger partial charge on any atom is 0.340 e. The Labute approximate surface area is 112 Å². The summed E-state index contributed by atoms with van der Waals surface area (Å²) in [7, 11) is 1.25. The molecule has 0 saturated carbocycles. The van der Waals surface area contributed by atoms with Crippen LogP contribution < -0.4 is 0 Å². The van der Waals surface area contributed by atoms with E-state index in [1.54, 1.807) is 17.8 Å². The summed E-state index contributed by atoms with van der Waals surface area (Å²) in [6.45, 7) is 4.37. The lowest BCUT2D eigenvalue weighted by Gasteiger charge is -2.08. The first-order valence-corrected chi connectivity index (χ1v) is 7.18. The zero-order valence-corrected chi connectivity index (χ0v) is 11.8. The fraction of sp³-hybridized carbons (Fsp3) is 0.500. The average Bonchev–Trinajstić information content (AvgIpc) is 2.37. The Kier molecular flexibility index (Phi) is 6.19. The van der Waals surface area contributed by atoms with Gasteiger partial charge in [-0.25, -0.2) is 9.18 Å². The van der Waals surface area contributed by atoms with E-state index in [4.69, 9.17) is 0 Å². The van der Waals surface area contributed by atoms with Crippen LogP contribution >= 0.6 is 11.8 Å². The van der Waals surface area contributed by atoms with E-state index in [1.165, 1.54) is 19.2 Å². The number of methoxy groups -OCH3 is 1. The van der Waals surface area contributed by atoms with Crippen LogP contribution in [0.15, 0.2) is 18.2 Å². The number of hydrogen-bond donors (Lipinski definition) is 0. The zero-order chi connectivity index (χ0) is 13.5. The molecule has 0 bridgehead atoms. The smallest absolute Gasteiger partial charge is 0.340 e. The van der Waals surface area contributed by atoms with Crippen LogP contribution in [0.3, 0.4) is 0 Å². The Balaban J connectivity index is 2.59. The molecular formula is C14H19FO2S. The van der Waals surface area contributed by atoms with Gasteiger partial charge in [-0.2, -0.15) is 11.8 Å². The van der Waals surface area contributed by atoms with Crippen molar-refractivity contribution in [2.45, 2.75) is 26.0 Å². The minimum Gasteiger partial charge on any atom is -0.465 e. The van der Waals surface area contributed by atoms with Gasteiger partial charge < -0.3 is 4.74 Å². The van der Waals surface area contributed by atoms with Gasteiger partial charge in [0.25, 0.3) is 0 Å². The molecule has 1 aromatic carbocycles. The third-order valence-electron chi connectivity index (χ3n) is 2.81. The average molecular weight is 270 g/mol. The number of hydrogen-bond acceptors (Lipinski definition) is 3. The quantitative estimate of drug-likeness (QED) is 0.733. The first-order chi connectivity index (χ1) is 8.58. The Morgan fingerprint density at radius 3 is 2.78 bits per heavy atom. The lowest BCUT2D eigenvalue weighted by molar-refractivity contribution is 0.0595. The van der Waals surface area contributed by atoms with Gasteiger partial charge in [0.1, 0.15) is 5.82 Å². The van der Waals surface area contributed by atoms with Gasteiger partial charge in [0.05, 0.1) is 12.7 Å². The van der Waals surface area contributed by atoms with Crippen molar-refractivity contribution in [1.82, 2.24) is 0 Å². The van der Waals surface area contributed by atoms with E-state index >= 15 is 0 Å². The van der Waals surface area contributed by atoms with E-state index in [2.05, 4.69) is 18.6 Å². The van der Waals surface area contributed by atoms with Crippen LogP contribution in [0.5, 0.6) is 0 Å². The van der Waals surface area contributed by atoms with Gasteiger partial charge in [-0.3, -0.25) is 0 Å². The first kappa shape index (κ1) is 15.0. The van der Waals surface area contributed by atoms with Crippen molar-refractivity contribution >= 4 is 17.7 Å². The molecule has 0 aliphatic rings. The second-order valence-corrected chi connectivity index (χ2v) is 5.36. The molecule has 0 fully saturated rings. The molecule has 0 aromatic heterocycles. The number of halogens is 1. The minimum absolute atomic E-state index is 0.00632. The molecule has 4 heteroatoms. The normalized spacial score (nSPS) is 12.2. The third kappa shape index (κ3) is 4.33. The first-order valence-electron chi connectivity index (χ1n) is 6.03. The van der Waals surface area contributed by atoms with Crippen molar-refractivity contribution in [2.75, 3.05) is 12.9 Å². The summed E-state index contributed by atoms with van der Waals surface area (Å²) in [5.74, 6) is 1.36. The highest BCUT2D eigenvalue weighted by Gasteiger charge is 2.12. The molecule has 0 amide bonds. The topological polar surface area (TPSA) is 26.3 Å². The highest BCUT2D eigenvalue weighted by molar-refractivity contribution is 7.98. The summed E-state index contributed by atoms with van der Waals surface area (Å²) in [6.07, 6.45) is 1.16. The van der Waals surface area contributed by atoms with Crippen LogP contribution in [0.1, 0.15) is 36.2 Å². The van der Waals surface area contributed by atoms with E-state index in [-0.39, 0.29) is 5.56 Å². The predicted molar refractivity (Wildman–Crippen MR) is 73.4 cm³/mol. The highest BCUT2D eigenvalue weighted by atomic mass is 32.2. The van der Waals surface area contributed by atoms with E-state index < -0.39 is 11.8 Å². The van der Waals surface area contributed by atoms with Crippen molar-refractivity contribution < 1.29 is 13.9 Å². The molecule has 1 rings (SSSR count). The molecule has 0 saturated heterocycles. The van der Waals surface area contributed by atoms with Gasteiger partial charge in [-0.1, -0.05) is 26.3 Å². The lowest BCUT2D eigenvalue weighted by Crippen LogP contribution is -2.04. The molecule has 2 nitrogen and oxygen atoms in total. The van der Waals surface area contributed by atoms with Crippen molar-refractivity contribution in [3.05, 3.63) is 35.1 Å². The fourth-order valence-corrected chi connectivity index (χ4v) is 2.59. The van der Waals surface area contributed by atoms with Crippen LogP contribution in [-0.4, -0.2) is 18.8 Å². The van der Waals surface area contributed by atoms with E-state index in [0.29, 0.717) is 5.92 Å². The maximum atomic E-state index is 13.6. The summed E-state index contributed by atoms with van der Waals surface area (Å²) in [4.78, 5) is 11.2. The van der Waals surface area contributed by atoms with Gasteiger partial charge >= 0.3 is 5.97 Å². The molecule has 1 atom stereocenters. The summed E-state index contributed by atoms with van der Waals surface area (Å²) in [6, 6.07) is 4.68. The van der Waals surface area contributed by atoms with Gasteiger partial charge in [-0.05, 0) is 29.4 Å². The zero-order valence-electron chi connectivity index (χ0n) is 11.0. The van der Waals surface area contributed by atoms with Gasteiger partial charge in [0.2, 0.25) is 0 Å². The number of carbonyl (C=O) groups is 1. The summed E-state index contributed by atoms with van der Waals surface area (Å²) < 4.78 is 18.1. The van der Waals surface area contributed by atoms with Gasteiger partial charge in [-0.15, -0.1) is 0 Å². The van der Waals surface area contributed by atoms with Crippen molar-refractivity contribution in [3.63, 3.8) is 0 Å². The lowest BCUT2D eigenvalue weighted by atomic mass is 10.1. The number of carbonyl (C=O) groups excluding carboxylic acids is 1. The molecule has 0 aliphatic heterocycles. The Morgan fingerprint density at radius 2 is 2.22 bits per heavy atom. The molecular weight excluding hydrogens is 251 g/mol. The summed E-state index contributed by atoms with van der Waals surface area (Å²) >= 11 is 1.78. The molecule has 0 radical (unpaired) electrons. The van der Waals surface area contributed by atoms with Crippen LogP contribution in [0.4, 0.5) is 4.39 Å². The number of esters is 1. The molecule has 0 spiro atoms. The van der Waals surface area contributed by atoms with Crippen LogP contribution in [-0.2, 0) is 10.5 Å².